The lowest BCUT2D eigenvalue weighted by molar-refractivity contribution is 0.230. The van der Waals surface area contributed by atoms with Gasteiger partial charge in [-0.05, 0) is 53.6 Å². The summed E-state index contributed by atoms with van der Waals surface area (Å²) < 4.78 is 20.4. The second-order valence-electron chi connectivity index (χ2n) is 7.19. The molecule has 136 valence electrons. The minimum absolute atomic E-state index is 0.129. The molecule has 0 radical (unpaired) electrons. The Morgan fingerprint density at radius 3 is 2.62 bits per heavy atom. The third-order valence-corrected chi connectivity index (χ3v) is 4.63. The van der Waals surface area contributed by atoms with Gasteiger partial charge in [0.15, 0.2) is 11.6 Å². The molecule has 0 fully saturated rings. The number of hydrogen-bond acceptors (Lipinski definition) is 2. The standard InChI is InChI=1S/C22H23ClFNO/c1-14(2)10-15(3)13-26-22-19(23)11-16(12-20(22)24)17-8-9-25-21-7-5-4-6-18(17)21/h4-9,11-12,14-15H,10,13H2,1-3H3. The number of nitrogens with zero attached hydrogens (tertiary/aromatic N) is 1. The molecular formula is C22H23ClFNO. The highest BCUT2D eigenvalue weighted by molar-refractivity contribution is 6.32. The van der Waals surface area contributed by atoms with Crippen molar-refractivity contribution >= 4 is 22.5 Å². The summed E-state index contributed by atoms with van der Waals surface area (Å²) in [5.41, 5.74) is 2.48. The Labute approximate surface area is 159 Å². The first-order valence-electron chi connectivity index (χ1n) is 8.91. The van der Waals surface area contributed by atoms with Crippen LogP contribution in [-0.2, 0) is 0 Å². The van der Waals surface area contributed by atoms with Crippen LogP contribution in [0.1, 0.15) is 27.2 Å². The SMILES string of the molecule is CC(C)CC(C)COc1c(F)cc(-c2ccnc3ccccc23)cc1Cl. The second kappa shape index (κ2) is 8.05. The van der Waals surface area contributed by atoms with Crippen LogP contribution >= 0.6 is 11.6 Å². The molecule has 0 aliphatic carbocycles. The lowest BCUT2D eigenvalue weighted by atomic mass is 10.00. The molecule has 4 heteroatoms. The van der Waals surface area contributed by atoms with Crippen molar-refractivity contribution < 1.29 is 9.13 Å². The number of benzene rings is 2. The molecule has 0 amide bonds. The van der Waals surface area contributed by atoms with Crippen LogP contribution in [0.15, 0.2) is 48.7 Å². The van der Waals surface area contributed by atoms with Crippen molar-refractivity contribution in [3.8, 4) is 16.9 Å². The molecule has 1 unspecified atom stereocenters. The van der Waals surface area contributed by atoms with Gasteiger partial charge < -0.3 is 4.74 Å². The van der Waals surface area contributed by atoms with Gasteiger partial charge in [0.05, 0.1) is 17.1 Å². The zero-order valence-electron chi connectivity index (χ0n) is 15.3. The number of aromatic nitrogens is 1. The zero-order chi connectivity index (χ0) is 18.7. The monoisotopic (exact) mass is 371 g/mol. The second-order valence-corrected chi connectivity index (χ2v) is 7.60. The summed E-state index contributed by atoms with van der Waals surface area (Å²) in [5, 5.41) is 1.25. The summed E-state index contributed by atoms with van der Waals surface area (Å²) in [6.45, 7) is 6.88. The van der Waals surface area contributed by atoms with Crippen molar-refractivity contribution in [3.63, 3.8) is 0 Å². The molecule has 0 aliphatic rings. The number of halogens is 2. The van der Waals surface area contributed by atoms with Crippen molar-refractivity contribution in [2.45, 2.75) is 27.2 Å². The van der Waals surface area contributed by atoms with E-state index in [4.69, 9.17) is 16.3 Å². The smallest absolute Gasteiger partial charge is 0.173 e. The first kappa shape index (κ1) is 18.7. The Kier molecular flexibility index (Phi) is 5.77. The molecule has 1 heterocycles. The third kappa shape index (κ3) is 4.16. The van der Waals surface area contributed by atoms with Crippen LogP contribution in [0.2, 0.25) is 5.02 Å². The molecule has 0 N–H and O–H groups in total. The van der Waals surface area contributed by atoms with Gasteiger partial charge in [-0.1, -0.05) is 50.6 Å². The van der Waals surface area contributed by atoms with Crippen molar-refractivity contribution in [3.05, 3.63) is 59.5 Å². The Hall–Kier alpha value is -2.13. The van der Waals surface area contributed by atoms with Crippen molar-refractivity contribution in [2.24, 2.45) is 11.8 Å². The molecule has 26 heavy (non-hydrogen) atoms. The molecule has 2 aromatic carbocycles. The van der Waals surface area contributed by atoms with Crippen LogP contribution in [0.4, 0.5) is 4.39 Å². The third-order valence-electron chi connectivity index (χ3n) is 4.34. The van der Waals surface area contributed by atoms with Gasteiger partial charge in [-0.3, -0.25) is 4.98 Å². The molecule has 0 saturated carbocycles. The van der Waals surface area contributed by atoms with E-state index in [0.29, 0.717) is 24.0 Å². The van der Waals surface area contributed by atoms with E-state index in [1.807, 2.05) is 30.3 Å². The largest absolute Gasteiger partial charge is 0.489 e. The minimum atomic E-state index is -0.440. The van der Waals surface area contributed by atoms with Gasteiger partial charge in [-0.15, -0.1) is 0 Å². The van der Waals surface area contributed by atoms with E-state index in [2.05, 4.69) is 25.8 Å². The molecule has 0 aliphatic heterocycles. The van der Waals surface area contributed by atoms with Crippen LogP contribution in [0.5, 0.6) is 5.75 Å². The number of pyridine rings is 1. The predicted octanol–water partition coefficient (Wildman–Crippen LogP) is 6.76. The fraction of sp³-hybridized carbons (Fsp3) is 0.318. The fourth-order valence-electron chi connectivity index (χ4n) is 3.30. The summed E-state index contributed by atoms with van der Waals surface area (Å²) in [7, 11) is 0. The van der Waals surface area contributed by atoms with Crippen molar-refractivity contribution in [1.82, 2.24) is 4.98 Å². The minimum Gasteiger partial charge on any atom is -0.489 e. The maximum Gasteiger partial charge on any atom is 0.173 e. The predicted molar refractivity (Wildman–Crippen MR) is 106 cm³/mol. The molecule has 1 atom stereocenters. The molecule has 3 rings (SSSR count). The quantitative estimate of drug-likeness (QED) is 0.477. The van der Waals surface area contributed by atoms with Crippen LogP contribution in [0.25, 0.3) is 22.0 Å². The molecule has 0 spiro atoms. The zero-order valence-corrected chi connectivity index (χ0v) is 16.1. The first-order valence-corrected chi connectivity index (χ1v) is 9.29. The van der Waals surface area contributed by atoms with Crippen LogP contribution < -0.4 is 4.74 Å². The average Bonchev–Trinajstić information content (AvgIpc) is 2.59. The van der Waals surface area contributed by atoms with Gasteiger partial charge in [0.1, 0.15) is 0 Å². The Bertz CT molecular complexity index is 881. The molecule has 0 bridgehead atoms. The molecule has 3 aromatic rings. The summed E-state index contributed by atoms with van der Waals surface area (Å²) in [6.07, 6.45) is 2.75. The molecule has 2 nitrogen and oxygen atoms in total. The maximum atomic E-state index is 14.7. The Morgan fingerprint density at radius 1 is 1.12 bits per heavy atom. The van der Waals surface area contributed by atoms with Gasteiger partial charge >= 0.3 is 0 Å². The number of rotatable bonds is 6. The Morgan fingerprint density at radius 2 is 1.88 bits per heavy atom. The van der Waals surface area contributed by atoms with E-state index in [9.17, 15) is 4.39 Å². The molecule has 1 aromatic heterocycles. The molecule has 0 saturated heterocycles. The van der Waals surface area contributed by atoms with E-state index >= 15 is 0 Å². The summed E-state index contributed by atoms with van der Waals surface area (Å²) in [6, 6.07) is 12.9. The van der Waals surface area contributed by atoms with Crippen molar-refractivity contribution in [1.29, 1.82) is 0 Å². The maximum absolute atomic E-state index is 14.7. The lowest BCUT2D eigenvalue weighted by Gasteiger charge is -2.17. The normalized spacial score (nSPS) is 12.5. The number of ether oxygens (including phenoxy) is 1. The summed E-state index contributed by atoms with van der Waals surface area (Å²) in [5.74, 6) is 0.611. The molecular weight excluding hydrogens is 349 g/mol. The van der Waals surface area contributed by atoms with Crippen LogP contribution in [-0.4, -0.2) is 11.6 Å². The van der Waals surface area contributed by atoms with Crippen LogP contribution in [0.3, 0.4) is 0 Å². The Balaban J connectivity index is 1.90. The summed E-state index contributed by atoms with van der Waals surface area (Å²) >= 11 is 6.34. The van der Waals surface area contributed by atoms with E-state index in [1.165, 1.54) is 6.07 Å². The fourth-order valence-corrected chi connectivity index (χ4v) is 3.56. The van der Waals surface area contributed by atoms with Gasteiger partial charge in [-0.25, -0.2) is 4.39 Å². The number of para-hydroxylation sites is 1. The van der Waals surface area contributed by atoms with E-state index in [0.717, 1.165) is 22.9 Å². The number of hydrogen-bond donors (Lipinski definition) is 0. The van der Waals surface area contributed by atoms with Crippen LogP contribution in [0, 0.1) is 17.7 Å². The van der Waals surface area contributed by atoms with E-state index < -0.39 is 5.82 Å². The average molecular weight is 372 g/mol. The lowest BCUT2D eigenvalue weighted by Crippen LogP contribution is -2.12. The highest BCUT2D eigenvalue weighted by Crippen LogP contribution is 2.36. The number of fused-ring (bicyclic) bond motifs is 1. The van der Waals surface area contributed by atoms with Gasteiger partial charge in [0, 0.05) is 11.6 Å². The highest BCUT2D eigenvalue weighted by atomic mass is 35.5. The van der Waals surface area contributed by atoms with E-state index in [1.54, 1.807) is 12.3 Å². The van der Waals surface area contributed by atoms with Crippen molar-refractivity contribution in [2.75, 3.05) is 6.61 Å². The summed E-state index contributed by atoms with van der Waals surface area (Å²) in [4.78, 5) is 4.35. The topological polar surface area (TPSA) is 22.1 Å². The van der Waals surface area contributed by atoms with E-state index in [-0.39, 0.29) is 10.8 Å². The first-order chi connectivity index (χ1) is 12.5. The van der Waals surface area contributed by atoms with Gasteiger partial charge in [-0.2, -0.15) is 0 Å². The van der Waals surface area contributed by atoms with Gasteiger partial charge in [0.25, 0.3) is 0 Å². The van der Waals surface area contributed by atoms with Gasteiger partial charge in [0.2, 0.25) is 0 Å². The highest BCUT2D eigenvalue weighted by Gasteiger charge is 2.15.